The number of amides is 1. The van der Waals surface area contributed by atoms with Gasteiger partial charge in [0.2, 0.25) is 5.88 Å². The van der Waals surface area contributed by atoms with Crippen molar-refractivity contribution >= 4 is 27.7 Å². The molecule has 1 saturated heterocycles. The van der Waals surface area contributed by atoms with E-state index in [1.165, 1.54) is 0 Å². The number of rotatable bonds is 3. The molecule has 1 aliphatic rings. The van der Waals surface area contributed by atoms with Crippen molar-refractivity contribution in [3.63, 3.8) is 0 Å². The van der Waals surface area contributed by atoms with Gasteiger partial charge in [-0.05, 0) is 35.7 Å². The maximum absolute atomic E-state index is 12.8. The van der Waals surface area contributed by atoms with E-state index in [0.29, 0.717) is 24.5 Å². The number of benzene rings is 2. The summed E-state index contributed by atoms with van der Waals surface area (Å²) in [5.74, 6) is 0.657. The highest BCUT2D eigenvalue weighted by molar-refractivity contribution is 5.98. The Morgan fingerprint density at radius 3 is 2.93 bits per heavy atom. The fourth-order valence-corrected chi connectivity index (χ4v) is 3.66. The van der Waals surface area contributed by atoms with Crippen LogP contribution in [0, 0.1) is 0 Å². The van der Waals surface area contributed by atoms with Crippen LogP contribution >= 0.6 is 0 Å². The number of fused-ring (bicyclic) bond motifs is 2. The summed E-state index contributed by atoms with van der Waals surface area (Å²) in [6.45, 7) is 1.27. The molecule has 0 spiro atoms. The van der Waals surface area contributed by atoms with E-state index >= 15 is 0 Å². The standard InChI is InChI=1S/C22H19N3O2/c26-22(17-6-5-16-9-11-23-20(16)13-17)25-12-10-18(14-25)27-21-8-7-15-3-1-2-4-19(15)24-21/h1-9,11,13,18,23H,10,12,14H2. The van der Waals surface area contributed by atoms with Crippen LogP contribution in [0.5, 0.6) is 5.88 Å². The smallest absolute Gasteiger partial charge is 0.254 e. The molecule has 27 heavy (non-hydrogen) atoms. The topological polar surface area (TPSA) is 58.2 Å². The van der Waals surface area contributed by atoms with Crippen molar-refractivity contribution in [1.29, 1.82) is 0 Å². The average molecular weight is 357 g/mol. The van der Waals surface area contributed by atoms with E-state index in [4.69, 9.17) is 4.74 Å². The summed E-state index contributed by atoms with van der Waals surface area (Å²) < 4.78 is 6.05. The molecule has 1 unspecified atom stereocenters. The fraction of sp³-hybridized carbons (Fsp3) is 0.182. The summed E-state index contributed by atoms with van der Waals surface area (Å²) in [5, 5.41) is 2.20. The van der Waals surface area contributed by atoms with Crippen LogP contribution in [0.1, 0.15) is 16.8 Å². The molecule has 1 N–H and O–H groups in total. The van der Waals surface area contributed by atoms with E-state index in [9.17, 15) is 4.79 Å². The number of pyridine rings is 1. The average Bonchev–Trinajstić information content (AvgIpc) is 3.36. The molecule has 5 rings (SSSR count). The second kappa shape index (κ2) is 6.43. The van der Waals surface area contributed by atoms with Gasteiger partial charge in [-0.3, -0.25) is 4.79 Å². The zero-order valence-corrected chi connectivity index (χ0v) is 14.8. The predicted octanol–water partition coefficient (Wildman–Crippen LogP) is 4.01. The Bertz CT molecular complexity index is 1130. The lowest BCUT2D eigenvalue weighted by Gasteiger charge is -2.17. The maximum Gasteiger partial charge on any atom is 0.254 e. The zero-order valence-electron chi connectivity index (χ0n) is 14.8. The van der Waals surface area contributed by atoms with Crippen LogP contribution in [0.3, 0.4) is 0 Å². The largest absolute Gasteiger partial charge is 0.472 e. The summed E-state index contributed by atoms with van der Waals surface area (Å²) in [4.78, 5) is 22.4. The van der Waals surface area contributed by atoms with E-state index in [1.807, 2.05) is 71.8 Å². The molecule has 5 heteroatoms. The monoisotopic (exact) mass is 357 g/mol. The van der Waals surface area contributed by atoms with Crippen LogP contribution in [0.15, 0.2) is 66.9 Å². The Kier molecular flexibility index (Phi) is 3.78. The predicted molar refractivity (Wildman–Crippen MR) is 105 cm³/mol. The number of carbonyl (C=O) groups is 1. The number of ether oxygens (including phenoxy) is 1. The molecule has 3 heterocycles. The maximum atomic E-state index is 12.8. The zero-order chi connectivity index (χ0) is 18.2. The number of aromatic amines is 1. The lowest BCUT2D eigenvalue weighted by molar-refractivity contribution is 0.0771. The number of aromatic nitrogens is 2. The van der Waals surface area contributed by atoms with Crippen LogP contribution in [0.25, 0.3) is 21.8 Å². The molecule has 0 aliphatic carbocycles. The van der Waals surface area contributed by atoms with Crippen LogP contribution in [0.2, 0.25) is 0 Å². The van der Waals surface area contributed by atoms with Gasteiger partial charge >= 0.3 is 0 Å². The molecule has 1 atom stereocenters. The highest BCUT2D eigenvalue weighted by Gasteiger charge is 2.28. The van der Waals surface area contributed by atoms with Gasteiger partial charge in [0.1, 0.15) is 6.10 Å². The number of nitrogens with one attached hydrogen (secondary N) is 1. The minimum atomic E-state index is -0.0307. The molecule has 134 valence electrons. The van der Waals surface area contributed by atoms with Crippen molar-refractivity contribution in [2.45, 2.75) is 12.5 Å². The first-order valence-electron chi connectivity index (χ1n) is 9.15. The quantitative estimate of drug-likeness (QED) is 0.603. The molecule has 2 aromatic carbocycles. The lowest BCUT2D eigenvalue weighted by Crippen LogP contribution is -2.31. The van der Waals surface area contributed by atoms with Gasteiger partial charge in [0.25, 0.3) is 5.91 Å². The van der Waals surface area contributed by atoms with Gasteiger partial charge in [0.15, 0.2) is 0 Å². The Hall–Kier alpha value is -3.34. The van der Waals surface area contributed by atoms with Crippen LogP contribution in [0.4, 0.5) is 0 Å². The van der Waals surface area contributed by atoms with Crippen molar-refractivity contribution in [2.24, 2.45) is 0 Å². The SMILES string of the molecule is O=C(c1ccc2cc[nH]c2c1)N1CCC(Oc2ccc3ccccc3n2)C1. The summed E-state index contributed by atoms with van der Waals surface area (Å²) in [6.07, 6.45) is 2.66. The van der Waals surface area contributed by atoms with Crippen molar-refractivity contribution in [1.82, 2.24) is 14.9 Å². The third kappa shape index (κ3) is 3.01. The van der Waals surface area contributed by atoms with Gasteiger partial charge in [-0.15, -0.1) is 0 Å². The van der Waals surface area contributed by atoms with Gasteiger partial charge < -0.3 is 14.6 Å². The first kappa shape index (κ1) is 15.9. The highest BCUT2D eigenvalue weighted by atomic mass is 16.5. The number of likely N-dealkylation sites (tertiary alicyclic amines) is 1. The summed E-state index contributed by atoms with van der Waals surface area (Å²) in [5.41, 5.74) is 2.60. The molecule has 2 aromatic heterocycles. The first-order valence-corrected chi connectivity index (χ1v) is 9.15. The van der Waals surface area contributed by atoms with Crippen molar-refractivity contribution in [3.05, 3.63) is 72.4 Å². The van der Waals surface area contributed by atoms with Gasteiger partial charge in [-0.2, -0.15) is 0 Å². The number of H-pyrrole nitrogens is 1. The van der Waals surface area contributed by atoms with Crippen LogP contribution < -0.4 is 4.74 Å². The van der Waals surface area contributed by atoms with Gasteiger partial charge in [-0.25, -0.2) is 4.98 Å². The van der Waals surface area contributed by atoms with E-state index < -0.39 is 0 Å². The third-order valence-electron chi connectivity index (χ3n) is 5.09. The molecular weight excluding hydrogens is 338 g/mol. The Labute approximate surface area is 156 Å². The molecule has 0 radical (unpaired) electrons. The highest BCUT2D eigenvalue weighted by Crippen LogP contribution is 2.22. The van der Waals surface area contributed by atoms with Crippen molar-refractivity contribution in [3.8, 4) is 5.88 Å². The van der Waals surface area contributed by atoms with Crippen molar-refractivity contribution in [2.75, 3.05) is 13.1 Å². The molecular formula is C22H19N3O2. The van der Waals surface area contributed by atoms with E-state index in [2.05, 4.69) is 9.97 Å². The lowest BCUT2D eigenvalue weighted by atomic mass is 10.1. The van der Waals surface area contributed by atoms with Gasteiger partial charge in [-0.1, -0.05) is 24.3 Å². The molecule has 1 aliphatic heterocycles. The number of para-hydroxylation sites is 1. The molecule has 4 aromatic rings. The minimum absolute atomic E-state index is 0.0307. The van der Waals surface area contributed by atoms with Crippen LogP contribution in [-0.2, 0) is 0 Å². The number of hydrogen-bond donors (Lipinski definition) is 1. The molecule has 0 saturated carbocycles. The van der Waals surface area contributed by atoms with Gasteiger partial charge in [0.05, 0.1) is 12.1 Å². The molecule has 1 fully saturated rings. The summed E-state index contributed by atoms with van der Waals surface area (Å²) in [7, 11) is 0. The second-order valence-corrected chi connectivity index (χ2v) is 6.90. The van der Waals surface area contributed by atoms with E-state index in [1.54, 1.807) is 0 Å². The van der Waals surface area contributed by atoms with E-state index in [0.717, 1.165) is 28.2 Å². The number of hydrogen-bond acceptors (Lipinski definition) is 3. The molecule has 0 bridgehead atoms. The van der Waals surface area contributed by atoms with Crippen molar-refractivity contribution < 1.29 is 9.53 Å². The molecule has 5 nitrogen and oxygen atoms in total. The van der Waals surface area contributed by atoms with Crippen LogP contribution in [-0.4, -0.2) is 40.0 Å². The Morgan fingerprint density at radius 2 is 1.96 bits per heavy atom. The normalized spacial score (nSPS) is 16.9. The molecule has 1 amide bonds. The minimum Gasteiger partial charge on any atom is -0.472 e. The summed E-state index contributed by atoms with van der Waals surface area (Å²) in [6, 6.07) is 19.7. The van der Waals surface area contributed by atoms with E-state index in [-0.39, 0.29) is 12.0 Å². The van der Waals surface area contributed by atoms with Gasteiger partial charge in [0, 0.05) is 41.7 Å². The third-order valence-corrected chi connectivity index (χ3v) is 5.09. The summed E-state index contributed by atoms with van der Waals surface area (Å²) >= 11 is 0. The number of nitrogens with zero attached hydrogens (tertiary/aromatic N) is 2. The number of carbonyl (C=O) groups excluding carboxylic acids is 1. The first-order chi connectivity index (χ1) is 13.3. The fourth-order valence-electron chi connectivity index (χ4n) is 3.66. The second-order valence-electron chi connectivity index (χ2n) is 6.90. The Balaban J connectivity index is 1.29. The Morgan fingerprint density at radius 1 is 1.07 bits per heavy atom.